The zero-order valence-corrected chi connectivity index (χ0v) is 14.6. The van der Waals surface area contributed by atoms with Gasteiger partial charge in [0, 0.05) is 10.6 Å². The maximum absolute atomic E-state index is 12.5. The summed E-state index contributed by atoms with van der Waals surface area (Å²) in [5.74, 6) is 0.302. The fourth-order valence-corrected chi connectivity index (χ4v) is 3.39. The van der Waals surface area contributed by atoms with Crippen LogP contribution in [0.3, 0.4) is 0 Å². The van der Waals surface area contributed by atoms with Gasteiger partial charge in [0.1, 0.15) is 0 Å². The lowest BCUT2D eigenvalue weighted by Gasteiger charge is -2.20. The fraction of sp³-hybridized carbons (Fsp3) is 0.0952. The van der Waals surface area contributed by atoms with Crippen molar-refractivity contribution in [2.24, 2.45) is 0 Å². The molecule has 0 spiro atoms. The van der Waals surface area contributed by atoms with E-state index in [0.29, 0.717) is 11.4 Å². The van der Waals surface area contributed by atoms with Crippen LogP contribution in [0.5, 0.6) is 0 Å². The van der Waals surface area contributed by atoms with Crippen molar-refractivity contribution in [1.29, 1.82) is 0 Å². The van der Waals surface area contributed by atoms with E-state index in [1.54, 1.807) is 0 Å². The van der Waals surface area contributed by atoms with Gasteiger partial charge in [-0.25, -0.2) is 0 Å². The van der Waals surface area contributed by atoms with Gasteiger partial charge in [-0.1, -0.05) is 72.8 Å². The largest absolute Gasteiger partial charge is 0.398 e. The van der Waals surface area contributed by atoms with E-state index in [9.17, 15) is 4.79 Å². The molecule has 3 aromatic carbocycles. The maximum atomic E-state index is 12.5. The highest BCUT2D eigenvalue weighted by atomic mass is 32.2. The molecule has 1 amide bonds. The van der Waals surface area contributed by atoms with Crippen LogP contribution in [0.2, 0.25) is 0 Å². The monoisotopic (exact) mass is 348 g/mol. The minimum absolute atomic E-state index is 0.0223. The van der Waals surface area contributed by atoms with Crippen LogP contribution in [-0.2, 0) is 4.79 Å². The zero-order valence-electron chi connectivity index (χ0n) is 13.8. The molecule has 0 bridgehead atoms. The molecule has 0 aliphatic heterocycles. The van der Waals surface area contributed by atoms with Gasteiger partial charge in [0.25, 0.3) is 0 Å². The van der Waals surface area contributed by atoms with Crippen molar-refractivity contribution in [3.63, 3.8) is 0 Å². The molecular formula is C21H20N2OS. The SMILES string of the molecule is Nc1ccccc1SCC(=O)NC(c1ccccc1)c1ccccc1. The zero-order chi connectivity index (χ0) is 17.5. The standard InChI is InChI=1S/C21H20N2OS/c22-18-13-7-8-14-19(18)25-15-20(24)23-21(16-9-3-1-4-10-16)17-11-5-2-6-12-17/h1-14,21H,15,22H2,(H,23,24). The van der Waals surface area contributed by atoms with E-state index in [4.69, 9.17) is 5.73 Å². The molecule has 0 aliphatic rings. The molecule has 0 atom stereocenters. The highest BCUT2D eigenvalue weighted by Gasteiger charge is 2.16. The maximum Gasteiger partial charge on any atom is 0.231 e. The van der Waals surface area contributed by atoms with Crippen molar-refractivity contribution >= 4 is 23.4 Å². The lowest BCUT2D eigenvalue weighted by atomic mass is 9.99. The first-order chi connectivity index (χ1) is 12.2. The first-order valence-corrected chi connectivity index (χ1v) is 9.09. The van der Waals surface area contributed by atoms with Gasteiger partial charge in [0.2, 0.25) is 5.91 Å². The van der Waals surface area contributed by atoms with E-state index >= 15 is 0 Å². The Kier molecular flexibility index (Phi) is 5.75. The quantitative estimate of drug-likeness (QED) is 0.517. The Hall–Kier alpha value is -2.72. The molecule has 25 heavy (non-hydrogen) atoms. The normalized spacial score (nSPS) is 10.6. The number of thioether (sulfide) groups is 1. The Morgan fingerprint density at radius 2 is 1.36 bits per heavy atom. The Morgan fingerprint density at radius 1 is 0.840 bits per heavy atom. The number of benzene rings is 3. The topological polar surface area (TPSA) is 55.1 Å². The van der Waals surface area contributed by atoms with Gasteiger partial charge in [-0.2, -0.15) is 0 Å². The summed E-state index contributed by atoms with van der Waals surface area (Å²) in [4.78, 5) is 13.4. The molecule has 3 nitrogen and oxygen atoms in total. The third-order valence-corrected chi connectivity index (χ3v) is 4.94. The smallest absolute Gasteiger partial charge is 0.231 e. The molecule has 0 saturated heterocycles. The second kappa shape index (κ2) is 8.40. The van der Waals surface area contributed by atoms with Crippen molar-refractivity contribution in [3.05, 3.63) is 96.1 Å². The molecule has 0 aromatic heterocycles. The van der Waals surface area contributed by atoms with E-state index in [0.717, 1.165) is 16.0 Å². The summed E-state index contributed by atoms with van der Waals surface area (Å²) in [6.07, 6.45) is 0. The van der Waals surface area contributed by atoms with Crippen LogP contribution in [0.25, 0.3) is 0 Å². The van der Waals surface area contributed by atoms with Crippen molar-refractivity contribution in [2.45, 2.75) is 10.9 Å². The van der Waals surface area contributed by atoms with Crippen molar-refractivity contribution < 1.29 is 4.79 Å². The molecule has 0 radical (unpaired) electrons. The number of hydrogen-bond donors (Lipinski definition) is 2. The molecule has 3 rings (SSSR count). The summed E-state index contributed by atoms with van der Waals surface area (Å²) in [6.45, 7) is 0. The Labute approximate surface area is 152 Å². The Balaban J connectivity index is 1.72. The van der Waals surface area contributed by atoms with Crippen molar-refractivity contribution in [1.82, 2.24) is 5.32 Å². The second-order valence-corrected chi connectivity index (χ2v) is 6.67. The van der Waals surface area contributed by atoms with Crippen LogP contribution >= 0.6 is 11.8 Å². The van der Waals surface area contributed by atoms with Gasteiger partial charge in [0.05, 0.1) is 11.8 Å². The summed E-state index contributed by atoms with van der Waals surface area (Å²) < 4.78 is 0. The van der Waals surface area contributed by atoms with Crippen molar-refractivity contribution in [2.75, 3.05) is 11.5 Å². The lowest BCUT2D eigenvalue weighted by Crippen LogP contribution is -2.30. The first-order valence-electron chi connectivity index (χ1n) is 8.10. The van der Waals surface area contributed by atoms with Crippen LogP contribution in [0.1, 0.15) is 17.2 Å². The molecule has 0 unspecified atom stereocenters. The van der Waals surface area contributed by atoms with Gasteiger partial charge in [-0.3, -0.25) is 4.79 Å². The number of nitrogens with two attached hydrogens (primary N) is 1. The third-order valence-electron chi connectivity index (χ3n) is 3.85. The number of rotatable bonds is 6. The molecule has 0 heterocycles. The average molecular weight is 348 g/mol. The number of hydrogen-bond acceptors (Lipinski definition) is 3. The third kappa shape index (κ3) is 4.64. The van der Waals surface area contributed by atoms with Crippen LogP contribution in [-0.4, -0.2) is 11.7 Å². The number of carbonyl (C=O) groups excluding carboxylic acids is 1. The second-order valence-electron chi connectivity index (χ2n) is 5.65. The molecule has 0 fully saturated rings. The summed E-state index contributed by atoms with van der Waals surface area (Å²) in [7, 11) is 0. The first kappa shape index (κ1) is 17.1. The molecule has 4 heteroatoms. The average Bonchev–Trinajstić information content (AvgIpc) is 2.67. The minimum Gasteiger partial charge on any atom is -0.398 e. The fourth-order valence-electron chi connectivity index (χ4n) is 2.61. The van der Waals surface area contributed by atoms with E-state index in [1.807, 2.05) is 84.9 Å². The minimum atomic E-state index is -0.163. The lowest BCUT2D eigenvalue weighted by molar-refractivity contribution is -0.119. The molecule has 3 aromatic rings. The van der Waals surface area contributed by atoms with E-state index < -0.39 is 0 Å². The van der Waals surface area contributed by atoms with Crippen molar-refractivity contribution in [3.8, 4) is 0 Å². The molecule has 0 saturated carbocycles. The summed E-state index contributed by atoms with van der Waals surface area (Å²) in [6, 6.07) is 27.4. The van der Waals surface area contributed by atoms with Crippen LogP contribution < -0.4 is 11.1 Å². The van der Waals surface area contributed by atoms with Crippen LogP contribution in [0.4, 0.5) is 5.69 Å². The highest BCUT2D eigenvalue weighted by Crippen LogP contribution is 2.25. The van der Waals surface area contributed by atoms with E-state index in [1.165, 1.54) is 11.8 Å². The summed E-state index contributed by atoms with van der Waals surface area (Å²) in [5.41, 5.74) is 8.76. The molecule has 0 aliphatic carbocycles. The Morgan fingerprint density at radius 3 is 1.92 bits per heavy atom. The van der Waals surface area contributed by atoms with E-state index in [2.05, 4.69) is 5.32 Å². The predicted octanol–water partition coefficient (Wildman–Crippen LogP) is 4.27. The summed E-state index contributed by atoms with van der Waals surface area (Å²) >= 11 is 1.45. The van der Waals surface area contributed by atoms with Crippen LogP contribution in [0, 0.1) is 0 Å². The van der Waals surface area contributed by atoms with Gasteiger partial charge in [0.15, 0.2) is 0 Å². The molecular weight excluding hydrogens is 328 g/mol. The van der Waals surface area contributed by atoms with E-state index in [-0.39, 0.29) is 11.9 Å². The Bertz CT molecular complexity index is 782. The number of nitrogen functional groups attached to an aromatic ring is 1. The molecule has 3 N–H and O–H groups in total. The van der Waals surface area contributed by atoms with Gasteiger partial charge in [-0.15, -0.1) is 11.8 Å². The predicted molar refractivity (Wildman–Crippen MR) is 104 cm³/mol. The number of para-hydroxylation sites is 1. The highest BCUT2D eigenvalue weighted by molar-refractivity contribution is 8.00. The van der Waals surface area contributed by atoms with Gasteiger partial charge >= 0.3 is 0 Å². The number of anilines is 1. The number of nitrogens with one attached hydrogen (secondary N) is 1. The molecule has 126 valence electrons. The van der Waals surface area contributed by atoms with Crippen LogP contribution in [0.15, 0.2) is 89.8 Å². The van der Waals surface area contributed by atoms with Gasteiger partial charge in [-0.05, 0) is 23.3 Å². The summed E-state index contributed by atoms with van der Waals surface area (Å²) in [5, 5.41) is 3.14. The number of amides is 1. The van der Waals surface area contributed by atoms with Gasteiger partial charge < -0.3 is 11.1 Å². The number of carbonyl (C=O) groups is 1.